The number of likely N-dealkylation sites (N-methyl/N-ethyl adjacent to an activating group) is 1. The summed E-state index contributed by atoms with van der Waals surface area (Å²) in [5.74, 6) is 0.198. The van der Waals surface area contributed by atoms with Crippen molar-refractivity contribution in [2.45, 2.75) is 80.6 Å². The fourth-order valence-electron chi connectivity index (χ4n) is 8.44. The fraction of sp³-hybridized carbons (Fsp3) is 0.630. The van der Waals surface area contributed by atoms with Crippen LogP contribution in [0.4, 0.5) is 4.39 Å². The van der Waals surface area contributed by atoms with E-state index >= 15 is 4.39 Å². The normalized spacial score (nSPS) is 46.3. The van der Waals surface area contributed by atoms with Gasteiger partial charge in [-0.05, 0) is 75.0 Å². The predicted molar refractivity (Wildman–Crippen MR) is 129 cm³/mol. The summed E-state index contributed by atoms with van der Waals surface area (Å²) in [5, 5.41) is 33.0. The van der Waals surface area contributed by atoms with Crippen LogP contribution in [0.25, 0.3) is 16.6 Å². The number of nitrogens with zero attached hydrogens (tertiary/aromatic N) is 3. The maximum Gasteiger partial charge on any atom is 0.171 e. The lowest BCUT2D eigenvalue weighted by Gasteiger charge is -2.61. The van der Waals surface area contributed by atoms with E-state index < -0.39 is 29.1 Å². The second kappa shape index (κ2) is 6.79. The molecule has 7 rings (SSSR count). The molecule has 2 aliphatic heterocycles. The van der Waals surface area contributed by atoms with Gasteiger partial charge in [0.2, 0.25) is 0 Å². The van der Waals surface area contributed by atoms with Crippen molar-refractivity contribution in [3.05, 3.63) is 41.5 Å². The van der Waals surface area contributed by atoms with E-state index in [1.807, 2.05) is 25.1 Å². The van der Waals surface area contributed by atoms with Crippen LogP contribution in [0.2, 0.25) is 0 Å². The van der Waals surface area contributed by atoms with E-state index in [4.69, 9.17) is 4.74 Å². The zero-order valence-corrected chi connectivity index (χ0v) is 20.5. The Morgan fingerprint density at radius 2 is 1.94 bits per heavy atom. The van der Waals surface area contributed by atoms with Gasteiger partial charge in [-0.3, -0.25) is 0 Å². The van der Waals surface area contributed by atoms with Crippen molar-refractivity contribution in [3.8, 4) is 0 Å². The first kappa shape index (κ1) is 22.1. The number of hydrogen-bond acceptors (Lipinski definition) is 6. The molecule has 2 spiro atoms. The van der Waals surface area contributed by atoms with E-state index in [0.29, 0.717) is 12.8 Å². The Balaban J connectivity index is 1.30. The monoisotopic (exact) mass is 480 g/mol. The van der Waals surface area contributed by atoms with Gasteiger partial charge in [0.1, 0.15) is 22.7 Å². The molecule has 0 radical (unpaired) electrons. The molecule has 3 N–H and O–H groups in total. The lowest BCUT2D eigenvalue weighted by Crippen LogP contribution is -2.73. The van der Waals surface area contributed by atoms with Crippen LogP contribution >= 0.6 is 0 Å². The zero-order valence-electron chi connectivity index (χ0n) is 20.5. The Hall–Kier alpha value is -2.13. The number of nitrogens with one attached hydrogen (secondary N) is 1. The molecule has 7 nitrogen and oxygen atoms in total. The smallest absolute Gasteiger partial charge is 0.171 e. The molecule has 1 aromatic carbocycles. The second-order valence-corrected chi connectivity index (χ2v) is 12.0. The first-order valence-electron chi connectivity index (χ1n) is 12.8. The molecular weight excluding hydrogens is 447 g/mol. The van der Waals surface area contributed by atoms with E-state index in [2.05, 4.69) is 46.6 Å². The molecule has 1 aromatic heterocycles. The van der Waals surface area contributed by atoms with Crippen molar-refractivity contribution in [1.82, 2.24) is 20.3 Å². The molecule has 3 heterocycles. The van der Waals surface area contributed by atoms with Gasteiger partial charge in [-0.25, -0.2) is 4.39 Å². The molecule has 3 fully saturated rings. The summed E-state index contributed by atoms with van der Waals surface area (Å²) in [4.78, 5) is 1.89. The molecule has 35 heavy (non-hydrogen) atoms. The van der Waals surface area contributed by atoms with Crippen molar-refractivity contribution in [2.75, 3.05) is 14.1 Å². The highest BCUT2D eigenvalue weighted by molar-refractivity contribution is 5.82. The fourth-order valence-corrected chi connectivity index (χ4v) is 8.44. The third kappa shape index (κ3) is 2.54. The van der Waals surface area contributed by atoms with Crippen molar-refractivity contribution in [1.29, 1.82) is 0 Å². The van der Waals surface area contributed by atoms with Gasteiger partial charge >= 0.3 is 0 Å². The summed E-state index contributed by atoms with van der Waals surface area (Å²) < 4.78 is 23.8. The molecule has 3 aliphatic carbocycles. The molecule has 2 aromatic rings. The number of ether oxygens (including phenoxy) is 1. The van der Waals surface area contributed by atoms with Gasteiger partial charge in [0.05, 0.1) is 11.7 Å². The Morgan fingerprint density at radius 3 is 2.74 bits per heavy atom. The van der Waals surface area contributed by atoms with Crippen LogP contribution in [0, 0.1) is 11.3 Å². The van der Waals surface area contributed by atoms with Gasteiger partial charge in [0.25, 0.3) is 0 Å². The van der Waals surface area contributed by atoms with E-state index in [1.54, 1.807) is 0 Å². The van der Waals surface area contributed by atoms with Crippen LogP contribution in [-0.4, -0.2) is 79.7 Å². The summed E-state index contributed by atoms with van der Waals surface area (Å²) in [6, 6.07) is 5.87. The number of allylic oxidation sites excluding steroid dienone is 3. The summed E-state index contributed by atoms with van der Waals surface area (Å²) in [6.45, 7) is 2.32. The molecule has 5 aliphatic rings. The van der Waals surface area contributed by atoms with Crippen LogP contribution < -0.4 is 0 Å². The van der Waals surface area contributed by atoms with Crippen molar-refractivity contribution >= 4 is 16.6 Å². The number of H-pyrrole nitrogens is 1. The van der Waals surface area contributed by atoms with E-state index in [9.17, 15) is 10.2 Å². The third-order valence-electron chi connectivity index (χ3n) is 10.3. The highest BCUT2D eigenvalue weighted by Gasteiger charge is 2.76. The van der Waals surface area contributed by atoms with Crippen molar-refractivity contribution in [3.63, 3.8) is 0 Å². The molecule has 8 atom stereocenters. The second-order valence-electron chi connectivity index (χ2n) is 12.0. The van der Waals surface area contributed by atoms with Crippen molar-refractivity contribution < 1.29 is 19.3 Å². The number of fused-ring (bicyclic) bond motifs is 2. The average molecular weight is 481 g/mol. The topological polar surface area (TPSA) is 94.5 Å². The predicted octanol–water partition coefficient (Wildman–Crippen LogP) is 3.15. The minimum Gasteiger partial charge on any atom is -0.389 e. The average Bonchev–Trinajstić information content (AvgIpc) is 3.52. The Labute approximate surface area is 204 Å². The molecule has 2 bridgehead atoms. The van der Waals surface area contributed by atoms with Crippen LogP contribution in [0.5, 0.6) is 0 Å². The van der Waals surface area contributed by atoms with Gasteiger partial charge in [0, 0.05) is 23.8 Å². The van der Waals surface area contributed by atoms with Gasteiger partial charge < -0.3 is 19.8 Å². The summed E-state index contributed by atoms with van der Waals surface area (Å²) >= 11 is 0. The highest BCUT2D eigenvalue weighted by Crippen LogP contribution is 2.70. The summed E-state index contributed by atoms with van der Waals surface area (Å²) in [6.07, 6.45) is 5.40. The van der Waals surface area contributed by atoms with Crippen LogP contribution in [0.15, 0.2) is 35.9 Å². The number of halogens is 1. The molecule has 1 saturated carbocycles. The van der Waals surface area contributed by atoms with Crippen LogP contribution in [0.3, 0.4) is 0 Å². The molecule has 2 unspecified atom stereocenters. The Morgan fingerprint density at radius 1 is 1.14 bits per heavy atom. The first-order chi connectivity index (χ1) is 16.6. The summed E-state index contributed by atoms with van der Waals surface area (Å²) in [7, 11) is 3.75. The number of alkyl halides is 1. The number of aliphatic hydroxyl groups is 2. The quantitative estimate of drug-likeness (QED) is 0.572. The molecule has 2 saturated heterocycles. The zero-order chi connectivity index (χ0) is 24.4. The molecule has 0 amide bonds. The highest BCUT2D eigenvalue weighted by atomic mass is 19.1. The standard InChI is InChI=1S/C27H33FN4O3/c1-24-9-8-16-13-27(28)23(34)22(33)20(32(2)3)14-25(27)10-11-26(16,35-25)21(24)7-5-17(24)15-4-6-18-19(12-15)30-31-29-18/h4-6,8,12,20-23,33-34H,7,9-11,13-14H2,1-3H3,(H,29,30,31)/t20-,21?,22+,23-,24+,25+,26+,27?/m0/s1. The Kier molecular flexibility index (Phi) is 4.29. The maximum absolute atomic E-state index is 16.8. The summed E-state index contributed by atoms with van der Waals surface area (Å²) in [5.41, 5.74) is 1.38. The molecular formula is C27H33FN4O3. The van der Waals surface area contributed by atoms with E-state index in [-0.39, 0.29) is 23.8 Å². The largest absolute Gasteiger partial charge is 0.389 e. The maximum atomic E-state index is 16.8. The number of aliphatic hydroxyl groups excluding tert-OH is 2. The van der Waals surface area contributed by atoms with Crippen molar-refractivity contribution in [2.24, 2.45) is 11.3 Å². The number of benzene rings is 1. The van der Waals surface area contributed by atoms with E-state index in [1.165, 1.54) is 5.57 Å². The van der Waals surface area contributed by atoms with Gasteiger partial charge in [-0.2, -0.15) is 15.4 Å². The minimum atomic E-state index is -1.98. The van der Waals surface area contributed by atoms with Crippen LogP contribution in [-0.2, 0) is 4.74 Å². The minimum absolute atomic E-state index is 0.137. The molecule has 186 valence electrons. The van der Waals surface area contributed by atoms with E-state index in [0.717, 1.165) is 41.4 Å². The van der Waals surface area contributed by atoms with Gasteiger partial charge in [-0.1, -0.05) is 25.1 Å². The van der Waals surface area contributed by atoms with Gasteiger partial charge in [-0.15, -0.1) is 0 Å². The number of rotatable bonds is 2. The Bertz CT molecular complexity index is 1290. The third-order valence-corrected chi connectivity index (χ3v) is 10.3. The molecule has 8 heteroatoms. The lowest BCUT2D eigenvalue weighted by atomic mass is 9.56. The lowest BCUT2D eigenvalue weighted by molar-refractivity contribution is -0.282. The van der Waals surface area contributed by atoms with Crippen LogP contribution in [0.1, 0.15) is 51.0 Å². The van der Waals surface area contributed by atoms with Gasteiger partial charge in [0.15, 0.2) is 5.67 Å². The number of hydrogen-bond donors (Lipinski definition) is 3. The first-order valence-corrected chi connectivity index (χ1v) is 12.8. The SMILES string of the molecule is CN(C)[C@H]1C[C@@]23CC[C@@]4(O2)C(=CC[C@]2(C)C(c5ccc6n[nH]nc6c5)=CCC24)CC3(F)[C@@H](O)[C@@H]1O. The number of aromatic nitrogens is 3. The number of aromatic amines is 1.